The summed E-state index contributed by atoms with van der Waals surface area (Å²) in [6.07, 6.45) is 0.622. The van der Waals surface area contributed by atoms with Crippen LogP contribution in [0.5, 0.6) is 0 Å². The van der Waals surface area contributed by atoms with Crippen LogP contribution in [0, 0.1) is 10.1 Å². The van der Waals surface area contributed by atoms with Gasteiger partial charge < -0.3 is 5.32 Å². The summed E-state index contributed by atoms with van der Waals surface area (Å²) in [6.45, 7) is 0.476. The molecular formula is C13H10Br2N2O3S. The molecule has 1 aromatic heterocycles. The van der Waals surface area contributed by atoms with Gasteiger partial charge >= 0.3 is 0 Å². The average molecular weight is 434 g/mol. The number of thiophene rings is 1. The van der Waals surface area contributed by atoms with Gasteiger partial charge in [-0.15, -0.1) is 11.3 Å². The van der Waals surface area contributed by atoms with Crippen molar-refractivity contribution in [1.82, 2.24) is 5.32 Å². The Morgan fingerprint density at radius 3 is 2.48 bits per heavy atom. The molecule has 0 aliphatic rings. The normalized spacial score (nSPS) is 10.4. The molecule has 1 amide bonds. The molecule has 0 radical (unpaired) electrons. The third-order valence-corrected chi connectivity index (χ3v) is 5.97. The fourth-order valence-electron chi connectivity index (χ4n) is 1.65. The summed E-state index contributed by atoms with van der Waals surface area (Å²) in [6, 6.07) is 8.08. The van der Waals surface area contributed by atoms with Crippen LogP contribution in [0.15, 0.2) is 38.6 Å². The summed E-state index contributed by atoms with van der Waals surface area (Å²) in [7, 11) is 0. The van der Waals surface area contributed by atoms with Crippen molar-refractivity contribution in [2.75, 3.05) is 6.54 Å². The highest BCUT2D eigenvalue weighted by Gasteiger charge is 2.11. The Kier molecular flexibility index (Phi) is 5.49. The smallest absolute Gasteiger partial charge is 0.269 e. The first-order valence-corrected chi connectivity index (χ1v) is 8.34. The van der Waals surface area contributed by atoms with Crippen LogP contribution in [0.3, 0.4) is 0 Å². The highest BCUT2D eigenvalue weighted by atomic mass is 79.9. The van der Waals surface area contributed by atoms with Crippen molar-refractivity contribution >= 4 is 54.8 Å². The molecule has 1 heterocycles. The largest absolute Gasteiger partial charge is 0.351 e. The average Bonchev–Trinajstić information content (AvgIpc) is 2.79. The summed E-state index contributed by atoms with van der Waals surface area (Å²) in [4.78, 5) is 22.6. The summed E-state index contributed by atoms with van der Waals surface area (Å²) < 4.78 is 1.73. The molecule has 0 fully saturated rings. The number of non-ortho nitro benzene ring substituents is 1. The molecule has 1 N–H and O–H groups in total. The minimum absolute atomic E-state index is 0.0658. The van der Waals surface area contributed by atoms with Crippen LogP contribution in [-0.2, 0) is 6.42 Å². The number of carbonyl (C=O) groups excluding carboxylic acids is 1. The molecule has 0 saturated heterocycles. The summed E-state index contributed by atoms with van der Waals surface area (Å²) in [5.74, 6) is -0.131. The van der Waals surface area contributed by atoms with Crippen molar-refractivity contribution in [1.29, 1.82) is 0 Å². The molecule has 5 nitrogen and oxygen atoms in total. The Hall–Kier alpha value is -1.25. The standard InChI is InChI=1S/C13H10Br2N2O3S/c14-10-7-11(21-12(10)15)13(18)16-6-5-8-1-3-9(4-2-8)17(19)20/h1-4,7H,5-6H2,(H,16,18). The Balaban J connectivity index is 1.86. The van der Waals surface area contributed by atoms with Crippen LogP contribution in [0.25, 0.3) is 0 Å². The highest BCUT2D eigenvalue weighted by Crippen LogP contribution is 2.32. The summed E-state index contributed by atoms with van der Waals surface area (Å²) >= 11 is 8.04. The van der Waals surface area contributed by atoms with Crippen molar-refractivity contribution in [2.24, 2.45) is 0 Å². The number of hydrogen-bond donors (Lipinski definition) is 1. The second-order valence-electron chi connectivity index (χ2n) is 4.16. The number of benzene rings is 1. The molecule has 0 spiro atoms. The maximum atomic E-state index is 11.9. The first kappa shape index (κ1) is 16.1. The highest BCUT2D eigenvalue weighted by molar-refractivity contribution is 9.13. The van der Waals surface area contributed by atoms with E-state index in [1.54, 1.807) is 18.2 Å². The molecule has 2 aromatic rings. The van der Waals surface area contributed by atoms with E-state index in [1.165, 1.54) is 23.5 Å². The summed E-state index contributed by atoms with van der Waals surface area (Å²) in [5, 5.41) is 13.4. The lowest BCUT2D eigenvalue weighted by Crippen LogP contribution is -2.24. The molecule has 2 rings (SSSR count). The zero-order chi connectivity index (χ0) is 15.4. The Morgan fingerprint density at radius 2 is 1.95 bits per heavy atom. The molecule has 21 heavy (non-hydrogen) atoms. The van der Waals surface area contributed by atoms with Crippen LogP contribution < -0.4 is 5.32 Å². The van der Waals surface area contributed by atoms with Crippen LogP contribution >= 0.6 is 43.2 Å². The SMILES string of the molecule is O=C(NCCc1ccc([N+](=O)[O-])cc1)c1cc(Br)c(Br)s1. The molecule has 0 atom stereocenters. The van der Waals surface area contributed by atoms with Crippen molar-refractivity contribution < 1.29 is 9.72 Å². The van der Waals surface area contributed by atoms with Crippen molar-refractivity contribution in [3.63, 3.8) is 0 Å². The first-order valence-electron chi connectivity index (χ1n) is 5.93. The van der Waals surface area contributed by atoms with Crippen LogP contribution in [0.1, 0.15) is 15.2 Å². The monoisotopic (exact) mass is 432 g/mol. The fourth-order valence-corrected chi connectivity index (χ4v) is 3.60. The van der Waals surface area contributed by atoms with E-state index >= 15 is 0 Å². The van der Waals surface area contributed by atoms with E-state index in [1.807, 2.05) is 0 Å². The number of amides is 1. The molecular weight excluding hydrogens is 424 g/mol. The number of nitrogens with one attached hydrogen (secondary N) is 1. The van der Waals surface area contributed by atoms with Gasteiger partial charge in [0.1, 0.15) is 0 Å². The Bertz CT molecular complexity index is 651. The zero-order valence-corrected chi connectivity index (χ0v) is 14.6. The van der Waals surface area contributed by atoms with Gasteiger partial charge in [0.15, 0.2) is 0 Å². The first-order chi connectivity index (χ1) is 9.97. The van der Waals surface area contributed by atoms with Crippen LogP contribution in [0.2, 0.25) is 0 Å². The maximum absolute atomic E-state index is 11.9. The van der Waals surface area contributed by atoms with Crippen molar-refractivity contribution in [3.8, 4) is 0 Å². The molecule has 0 aliphatic heterocycles. The fraction of sp³-hybridized carbons (Fsp3) is 0.154. The Labute approximate surface area is 141 Å². The molecule has 0 bridgehead atoms. The van der Waals surface area contributed by atoms with Crippen molar-refractivity contribution in [2.45, 2.75) is 6.42 Å². The van der Waals surface area contributed by atoms with Crippen LogP contribution in [0.4, 0.5) is 5.69 Å². The third-order valence-electron chi connectivity index (χ3n) is 2.72. The third kappa shape index (κ3) is 4.36. The van der Waals surface area contributed by atoms with E-state index < -0.39 is 4.92 Å². The molecule has 110 valence electrons. The minimum atomic E-state index is -0.432. The quantitative estimate of drug-likeness (QED) is 0.568. The number of nitrogens with zero attached hydrogens (tertiary/aromatic N) is 1. The van der Waals surface area contributed by atoms with Crippen LogP contribution in [-0.4, -0.2) is 17.4 Å². The zero-order valence-electron chi connectivity index (χ0n) is 10.6. The van der Waals surface area contributed by atoms with E-state index in [4.69, 9.17) is 0 Å². The van der Waals surface area contributed by atoms with Gasteiger partial charge in [-0.1, -0.05) is 12.1 Å². The number of nitro benzene ring substituents is 1. The van der Waals surface area contributed by atoms with Crippen molar-refractivity contribution in [3.05, 3.63) is 59.1 Å². The second-order valence-corrected chi connectivity index (χ2v) is 7.39. The molecule has 0 saturated carbocycles. The van der Waals surface area contributed by atoms with Gasteiger partial charge in [-0.05, 0) is 49.9 Å². The number of carbonyl (C=O) groups is 1. The molecule has 0 aliphatic carbocycles. The van der Waals surface area contributed by atoms with Gasteiger partial charge in [0.25, 0.3) is 11.6 Å². The van der Waals surface area contributed by atoms with Gasteiger partial charge in [-0.25, -0.2) is 0 Å². The number of nitro groups is 1. The second kappa shape index (κ2) is 7.15. The lowest BCUT2D eigenvalue weighted by molar-refractivity contribution is -0.384. The Morgan fingerprint density at radius 1 is 1.29 bits per heavy atom. The van der Waals surface area contributed by atoms with Gasteiger partial charge in [0.2, 0.25) is 0 Å². The number of hydrogen-bond acceptors (Lipinski definition) is 4. The maximum Gasteiger partial charge on any atom is 0.269 e. The van der Waals surface area contributed by atoms with Gasteiger partial charge in [-0.2, -0.15) is 0 Å². The molecule has 0 unspecified atom stereocenters. The lowest BCUT2D eigenvalue weighted by Gasteiger charge is -2.03. The van der Waals surface area contributed by atoms with E-state index in [-0.39, 0.29) is 11.6 Å². The molecule has 1 aromatic carbocycles. The summed E-state index contributed by atoms with van der Waals surface area (Å²) in [5.41, 5.74) is 1.01. The van der Waals surface area contributed by atoms with E-state index in [0.717, 1.165) is 13.8 Å². The minimum Gasteiger partial charge on any atom is -0.351 e. The van der Waals surface area contributed by atoms with Gasteiger partial charge in [0.05, 0.1) is 13.6 Å². The predicted molar refractivity (Wildman–Crippen MR) is 88.9 cm³/mol. The van der Waals surface area contributed by atoms with E-state index in [0.29, 0.717) is 17.8 Å². The predicted octanol–water partition coefficient (Wildman–Crippen LogP) is 4.15. The topological polar surface area (TPSA) is 72.2 Å². The van der Waals surface area contributed by atoms with E-state index in [2.05, 4.69) is 37.2 Å². The van der Waals surface area contributed by atoms with Gasteiger partial charge in [0, 0.05) is 23.2 Å². The number of rotatable bonds is 5. The lowest BCUT2D eigenvalue weighted by atomic mass is 10.1. The number of halogens is 2. The van der Waals surface area contributed by atoms with E-state index in [9.17, 15) is 14.9 Å². The molecule has 8 heteroatoms. The van der Waals surface area contributed by atoms with Gasteiger partial charge in [-0.3, -0.25) is 14.9 Å².